The van der Waals surface area contributed by atoms with Crippen molar-refractivity contribution in [2.75, 3.05) is 0 Å². The third kappa shape index (κ3) is 31.6. The Morgan fingerprint density at radius 3 is 1.16 bits per heavy atom. The lowest BCUT2D eigenvalue weighted by Gasteiger charge is -2.03. The number of unbranched alkanes of at least 4 members (excludes halogenated alkanes) is 14. The van der Waals surface area contributed by atoms with E-state index in [0.717, 1.165) is 12.8 Å². The predicted octanol–water partition coefficient (Wildman–Crippen LogP) is 6.04. The van der Waals surface area contributed by atoms with E-state index in [1.807, 2.05) is 0 Å². The van der Waals surface area contributed by atoms with Gasteiger partial charge in [0.25, 0.3) is 0 Å². The second-order valence-electron chi connectivity index (χ2n) is 6.98. The first-order chi connectivity index (χ1) is 12.0. The fourth-order valence-electron chi connectivity index (χ4n) is 2.65. The molecule has 152 valence electrons. The third-order valence-corrected chi connectivity index (χ3v) is 4.36. The zero-order chi connectivity index (χ0) is 19.2. The summed E-state index contributed by atoms with van der Waals surface area (Å²) in [6, 6.07) is 0. The first-order valence-electron chi connectivity index (χ1n) is 10.6. The first-order valence-corrected chi connectivity index (χ1v) is 10.6. The minimum absolute atomic E-state index is 0.345. The van der Waals surface area contributed by atoms with Crippen LogP contribution in [0.3, 0.4) is 0 Å². The van der Waals surface area contributed by atoms with Gasteiger partial charge in [0.2, 0.25) is 0 Å². The molecule has 0 amide bonds. The number of carboxylic acids is 1. The molecule has 0 aromatic carbocycles. The molecule has 0 aliphatic rings. The van der Waals surface area contributed by atoms with Crippen LogP contribution in [0, 0.1) is 0 Å². The Kier molecular flexibility index (Phi) is 24.9. The van der Waals surface area contributed by atoms with Gasteiger partial charge in [0.15, 0.2) is 6.29 Å². The second-order valence-corrected chi connectivity index (χ2v) is 6.98. The molecule has 0 spiro atoms. The van der Waals surface area contributed by atoms with Crippen LogP contribution in [0.5, 0.6) is 0 Å². The van der Waals surface area contributed by atoms with E-state index in [1.165, 1.54) is 83.5 Å². The first kappa shape index (κ1) is 26.6. The van der Waals surface area contributed by atoms with Crippen LogP contribution < -0.4 is 0 Å². The monoisotopic (exact) mass is 360 g/mol. The van der Waals surface area contributed by atoms with Crippen LogP contribution >= 0.6 is 0 Å². The van der Waals surface area contributed by atoms with E-state index in [0.29, 0.717) is 12.8 Å². The van der Waals surface area contributed by atoms with E-state index in [-0.39, 0.29) is 0 Å². The fourth-order valence-corrected chi connectivity index (χ4v) is 2.65. The third-order valence-electron chi connectivity index (χ3n) is 4.36. The van der Waals surface area contributed by atoms with Crippen LogP contribution in [0.2, 0.25) is 0 Å². The lowest BCUT2D eigenvalue weighted by atomic mass is 10.0. The summed E-state index contributed by atoms with van der Waals surface area (Å²) in [5.41, 5.74) is 0. The van der Waals surface area contributed by atoms with Gasteiger partial charge in [0, 0.05) is 6.42 Å². The standard InChI is InChI=1S/C18H36O2.C3H8O2/c1-2-3-4-5-6-7-8-9-10-11-12-13-14-15-16-17-18(19)20;1-2-3(4)5/h2-17H2,1H3,(H,19,20);3-5H,2H2,1H3. The zero-order valence-electron chi connectivity index (χ0n) is 16.8. The van der Waals surface area contributed by atoms with E-state index in [2.05, 4.69) is 6.92 Å². The van der Waals surface area contributed by atoms with Gasteiger partial charge in [-0.25, -0.2) is 0 Å². The molecule has 0 aliphatic heterocycles. The lowest BCUT2D eigenvalue weighted by molar-refractivity contribution is -0.137. The highest BCUT2D eigenvalue weighted by Gasteiger charge is 1.97. The Labute approximate surface area is 156 Å². The summed E-state index contributed by atoms with van der Waals surface area (Å²) < 4.78 is 0. The average Bonchev–Trinajstić information content (AvgIpc) is 2.58. The molecule has 4 nitrogen and oxygen atoms in total. The molecular formula is C21H44O4. The summed E-state index contributed by atoms with van der Waals surface area (Å²) in [7, 11) is 0. The molecule has 0 aliphatic carbocycles. The molecule has 0 bridgehead atoms. The summed E-state index contributed by atoms with van der Waals surface area (Å²) >= 11 is 0. The van der Waals surface area contributed by atoms with Gasteiger partial charge < -0.3 is 15.3 Å². The van der Waals surface area contributed by atoms with Crippen LogP contribution in [-0.2, 0) is 4.79 Å². The summed E-state index contributed by atoms with van der Waals surface area (Å²) in [5.74, 6) is -0.653. The molecule has 0 rings (SSSR count). The summed E-state index contributed by atoms with van der Waals surface area (Å²) in [4.78, 5) is 10.3. The van der Waals surface area contributed by atoms with E-state index in [9.17, 15) is 4.79 Å². The number of aliphatic hydroxyl groups excluding tert-OH is 1. The molecule has 0 fully saturated rings. The average molecular weight is 361 g/mol. The van der Waals surface area contributed by atoms with Gasteiger partial charge in [-0.1, -0.05) is 104 Å². The Hall–Kier alpha value is -0.610. The molecule has 0 atom stereocenters. The molecule has 25 heavy (non-hydrogen) atoms. The SMILES string of the molecule is CCC(O)O.CCCCCCCCCCCCCCCCCC(=O)O. The predicted molar refractivity (Wildman–Crippen MR) is 106 cm³/mol. The van der Waals surface area contributed by atoms with Gasteiger partial charge in [0.1, 0.15) is 0 Å². The van der Waals surface area contributed by atoms with Crippen molar-refractivity contribution in [2.24, 2.45) is 0 Å². The molecule has 0 aromatic rings. The van der Waals surface area contributed by atoms with Crippen molar-refractivity contribution in [2.45, 2.75) is 129 Å². The minimum Gasteiger partial charge on any atom is -0.481 e. The number of hydrogen-bond donors (Lipinski definition) is 3. The summed E-state index contributed by atoms with van der Waals surface area (Å²) in [6.07, 6.45) is 19.5. The van der Waals surface area contributed by atoms with Crippen molar-refractivity contribution < 1.29 is 20.1 Å². The Morgan fingerprint density at radius 2 is 0.920 bits per heavy atom. The maximum Gasteiger partial charge on any atom is 0.303 e. The second kappa shape index (κ2) is 23.4. The van der Waals surface area contributed by atoms with Crippen LogP contribution in [0.25, 0.3) is 0 Å². The topological polar surface area (TPSA) is 77.8 Å². The van der Waals surface area contributed by atoms with Gasteiger partial charge >= 0.3 is 5.97 Å². The minimum atomic E-state index is -1.12. The number of carboxylic acid groups (broad SMARTS) is 1. The molecule has 3 N–H and O–H groups in total. The van der Waals surface area contributed by atoms with Crippen LogP contribution in [0.4, 0.5) is 0 Å². The number of hydrogen-bond acceptors (Lipinski definition) is 3. The van der Waals surface area contributed by atoms with E-state index < -0.39 is 12.3 Å². The van der Waals surface area contributed by atoms with Gasteiger partial charge in [-0.3, -0.25) is 4.79 Å². The fraction of sp³-hybridized carbons (Fsp3) is 0.952. The zero-order valence-corrected chi connectivity index (χ0v) is 16.8. The molecule has 0 aromatic heterocycles. The summed E-state index contributed by atoms with van der Waals surface area (Å²) in [6.45, 7) is 3.97. The smallest absolute Gasteiger partial charge is 0.303 e. The number of aliphatic hydroxyl groups is 2. The van der Waals surface area contributed by atoms with E-state index in [1.54, 1.807) is 6.92 Å². The van der Waals surface area contributed by atoms with Crippen LogP contribution in [0.1, 0.15) is 123 Å². The molecule has 0 heterocycles. The van der Waals surface area contributed by atoms with Crippen molar-refractivity contribution in [1.82, 2.24) is 0 Å². The highest BCUT2D eigenvalue weighted by Crippen LogP contribution is 2.13. The van der Waals surface area contributed by atoms with Crippen molar-refractivity contribution >= 4 is 5.97 Å². The molecular weight excluding hydrogens is 316 g/mol. The van der Waals surface area contributed by atoms with Crippen LogP contribution in [0.15, 0.2) is 0 Å². The number of rotatable bonds is 17. The molecule has 4 heteroatoms. The van der Waals surface area contributed by atoms with Gasteiger partial charge in [-0.2, -0.15) is 0 Å². The van der Waals surface area contributed by atoms with Gasteiger partial charge in [-0.15, -0.1) is 0 Å². The maximum atomic E-state index is 10.3. The van der Waals surface area contributed by atoms with Crippen molar-refractivity contribution in [3.8, 4) is 0 Å². The quantitative estimate of drug-likeness (QED) is 0.218. The Balaban J connectivity index is 0. The van der Waals surface area contributed by atoms with Crippen LogP contribution in [-0.4, -0.2) is 27.6 Å². The number of carbonyl (C=O) groups is 1. The normalized spacial score (nSPS) is 10.6. The Bertz CT molecular complexity index is 254. The molecule has 0 saturated heterocycles. The van der Waals surface area contributed by atoms with Crippen molar-refractivity contribution in [3.05, 3.63) is 0 Å². The highest BCUT2D eigenvalue weighted by atomic mass is 16.5. The van der Waals surface area contributed by atoms with Gasteiger partial charge in [-0.05, 0) is 12.8 Å². The van der Waals surface area contributed by atoms with E-state index >= 15 is 0 Å². The Morgan fingerprint density at radius 1 is 0.640 bits per heavy atom. The molecule has 0 saturated carbocycles. The largest absolute Gasteiger partial charge is 0.481 e. The molecule has 0 unspecified atom stereocenters. The van der Waals surface area contributed by atoms with Crippen molar-refractivity contribution in [3.63, 3.8) is 0 Å². The lowest BCUT2D eigenvalue weighted by Crippen LogP contribution is -1.99. The molecule has 0 radical (unpaired) electrons. The highest BCUT2D eigenvalue weighted by molar-refractivity contribution is 5.66. The van der Waals surface area contributed by atoms with Gasteiger partial charge in [0.05, 0.1) is 0 Å². The summed E-state index contributed by atoms with van der Waals surface area (Å²) in [5, 5.41) is 24.4. The van der Waals surface area contributed by atoms with E-state index in [4.69, 9.17) is 15.3 Å². The number of aliphatic carboxylic acids is 1. The maximum absolute atomic E-state index is 10.3. The van der Waals surface area contributed by atoms with Crippen molar-refractivity contribution in [1.29, 1.82) is 0 Å².